The van der Waals surface area contributed by atoms with Crippen LogP contribution in [-0.4, -0.2) is 31.8 Å². The molecule has 1 aromatic heterocycles. The third-order valence-electron chi connectivity index (χ3n) is 2.69. The monoisotopic (exact) mass is 226 g/mol. The van der Waals surface area contributed by atoms with Gasteiger partial charge in [0.25, 0.3) is 5.56 Å². The molecule has 1 aliphatic rings. The van der Waals surface area contributed by atoms with Crippen LogP contribution in [0.3, 0.4) is 0 Å². The molecule has 1 saturated carbocycles. The highest BCUT2D eigenvalue weighted by Crippen LogP contribution is 2.34. The Morgan fingerprint density at radius 1 is 1.44 bits per heavy atom. The van der Waals surface area contributed by atoms with Gasteiger partial charge >= 0.3 is 11.7 Å². The molecule has 1 aromatic rings. The van der Waals surface area contributed by atoms with Gasteiger partial charge in [0.2, 0.25) is 5.82 Å². The van der Waals surface area contributed by atoms with Crippen LogP contribution in [0.2, 0.25) is 0 Å². The summed E-state index contributed by atoms with van der Waals surface area (Å²) in [5.74, 6) is -1.20. The molecular formula is C8H10N4O4. The molecule has 16 heavy (non-hydrogen) atoms. The first kappa shape index (κ1) is 10.4. The van der Waals surface area contributed by atoms with Crippen molar-refractivity contribution >= 4 is 11.8 Å². The third-order valence-corrected chi connectivity index (χ3v) is 2.69. The Bertz CT molecular complexity index is 527. The van der Waals surface area contributed by atoms with Gasteiger partial charge in [-0.15, -0.1) is 5.10 Å². The maximum Gasteiger partial charge on any atom is 0.342 e. The number of hydrogen-bond acceptors (Lipinski definition) is 5. The smallest absolute Gasteiger partial charge is 0.342 e. The Kier molecular flexibility index (Phi) is 2.26. The van der Waals surface area contributed by atoms with Crippen LogP contribution >= 0.6 is 0 Å². The summed E-state index contributed by atoms with van der Waals surface area (Å²) in [6.45, 7) is 0. The first-order valence-corrected chi connectivity index (χ1v) is 4.74. The molecule has 2 rings (SSSR count). The Balaban J connectivity index is 2.30. The minimum Gasteiger partial charge on any atom is -0.480 e. The first-order valence-electron chi connectivity index (χ1n) is 4.74. The quantitative estimate of drug-likeness (QED) is 0.516. The average Bonchev–Trinajstić information content (AvgIpc) is 2.13. The predicted octanol–water partition coefficient (Wildman–Crippen LogP) is -1.12. The molecule has 1 heterocycles. The zero-order valence-corrected chi connectivity index (χ0v) is 8.24. The van der Waals surface area contributed by atoms with E-state index in [2.05, 4.69) is 10.4 Å². The van der Waals surface area contributed by atoms with Crippen LogP contribution in [0.5, 0.6) is 0 Å². The Morgan fingerprint density at radius 3 is 2.56 bits per heavy atom. The lowest BCUT2D eigenvalue weighted by atomic mass is 9.77. The van der Waals surface area contributed by atoms with E-state index in [-0.39, 0.29) is 5.82 Å². The van der Waals surface area contributed by atoms with E-state index in [0.29, 0.717) is 12.8 Å². The number of anilines is 1. The van der Waals surface area contributed by atoms with E-state index in [1.807, 2.05) is 10.1 Å². The summed E-state index contributed by atoms with van der Waals surface area (Å²) in [5.41, 5.74) is -2.58. The van der Waals surface area contributed by atoms with Crippen molar-refractivity contribution in [3.63, 3.8) is 0 Å². The van der Waals surface area contributed by atoms with Crippen LogP contribution < -0.4 is 16.6 Å². The molecule has 4 N–H and O–H groups in total. The number of aliphatic carboxylic acids is 1. The van der Waals surface area contributed by atoms with Crippen molar-refractivity contribution in [3.8, 4) is 0 Å². The van der Waals surface area contributed by atoms with Gasteiger partial charge in [-0.1, -0.05) is 0 Å². The van der Waals surface area contributed by atoms with Crippen LogP contribution in [0.4, 0.5) is 5.82 Å². The van der Waals surface area contributed by atoms with Crippen LogP contribution in [-0.2, 0) is 4.79 Å². The number of nitrogens with one attached hydrogen (secondary N) is 3. The molecule has 0 bridgehead atoms. The maximum absolute atomic E-state index is 11.3. The van der Waals surface area contributed by atoms with Crippen LogP contribution in [0, 0.1) is 0 Å². The minimum atomic E-state index is -1.13. The summed E-state index contributed by atoms with van der Waals surface area (Å²) in [6.07, 6.45) is 1.64. The molecule has 0 atom stereocenters. The number of rotatable bonds is 3. The molecule has 0 saturated heterocycles. The molecule has 0 unspecified atom stereocenters. The van der Waals surface area contributed by atoms with Crippen molar-refractivity contribution in [2.45, 2.75) is 24.8 Å². The van der Waals surface area contributed by atoms with Gasteiger partial charge < -0.3 is 10.4 Å². The molecule has 1 fully saturated rings. The number of carboxylic acid groups (broad SMARTS) is 1. The Morgan fingerprint density at radius 2 is 2.12 bits per heavy atom. The van der Waals surface area contributed by atoms with E-state index in [4.69, 9.17) is 5.11 Å². The largest absolute Gasteiger partial charge is 0.480 e. The van der Waals surface area contributed by atoms with Gasteiger partial charge in [0.05, 0.1) is 0 Å². The zero-order chi connectivity index (χ0) is 11.8. The SMILES string of the molecule is O=C(O)C1(Nc2n[nH]c(=O)[nH]c2=O)CCC1. The maximum atomic E-state index is 11.3. The van der Waals surface area contributed by atoms with E-state index in [9.17, 15) is 14.4 Å². The van der Waals surface area contributed by atoms with Crippen molar-refractivity contribution in [1.82, 2.24) is 15.2 Å². The lowest BCUT2D eigenvalue weighted by Gasteiger charge is -2.38. The number of carboxylic acids is 1. The van der Waals surface area contributed by atoms with Crippen molar-refractivity contribution in [2.75, 3.05) is 5.32 Å². The zero-order valence-electron chi connectivity index (χ0n) is 8.24. The van der Waals surface area contributed by atoms with Gasteiger partial charge in [-0.25, -0.2) is 14.7 Å². The first-order chi connectivity index (χ1) is 7.53. The second-order valence-corrected chi connectivity index (χ2v) is 3.72. The van der Waals surface area contributed by atoms with E-state index < -0.39 is 22.8 Å². The van der Waals surface area contributed by atoms with Gasteiger partial charge in [-0.3, -0.25) is 9.78 Å². The van der Waals surface area contributed by atoms with Crippen LogP contribution in [0.15, 0.2) is 9.59 Å². The summed E-state index contributed by atoms with van der Waals surface area (Å²) >= 11 is 0. The standard InChI is InChI=1S/C8H10N4O4/c13-5-4(11-12-7(16)9-5)10-8(6(14)15)2-1-3-8/h1-3H2,(H,10,11)(H,14,15)(H2,9,12,13,16). The molecule has 8 heteroatoms. The lowest BCUT2D eigenvalue weighted by Crippen LogP contribution is -2.53. The number of nitrogens with zero attached hydrogens (tertiary/aromatic N) is 1. The number of aromatic nitrogens is 3. The van der Waals surface area contributed by atoms with Gasteiger partial charge in [0, 0.05) is 0 Å². The molecule has 0 aromatic carbocycles. The molecule has 0 radical (unpaired) electrons. The minimum absolute atomic E-state index is 0.179. The van der Waals surface area contributed by atoms with Gasteiger partial charge in [0.15, 0.2) is 0 Å². The molecule has 0 aliphatic heterocycles. The van der Waals surface area contributed by atoms with Gasteiger partial charge in [0.1, 0.15) is 5.54 Å². The summed E-state index contributed by atoms with van der Waals surface area (Å²) < 4.78 is 0. The highest BCUT2D eigenvalue weighted by molar-refractivity contribution is 5.83. The van der Waals surface area contributed by atoms with E-state index in [0.717, 1.165) is 6.42 Å². The van der Waals surface area contributed by atoms with Crippen molar-refractivity contribution in [2.24, 2.45) is 0 Å². The number of carbonyl (C=O) groups is 1. The summed E-state index contributed by atoms with van der Waals surface area (Å²) in [5, 5.41) is 17.1. The second kappa shape index (κ2) is 3.47. The molecule has 8 nitrogen and oxygen atoms in total. The molecular weight excluding hydrogens is 216 g/mol. The van der Waals surface area contributed by atoms with Crippen LogP contribution in [0.1, 0.15) is 19.3 Å². The van der Waals surface area contributed by atoms with Crippen molar-refractivity contribution in [1.29, 1.82) is 0 Å². The number of hydrogen-bond donors (Lipinski definition) is 4. The number of aromatic amines is 2. The second-order valence-electron chi connectivity index (χ2n) is 3.72. The number of H-pyrrole nitrogens is 2. The molecule has 0 amide bonds. The third kappa shape index (κ3) is 1.58. The molecule has 1 aliphatic carbocycles. The summed E-state index contributed by atoms with van der Waals surface area (Å²) in [7, 11) is 0. The Hall–Kier alpha value is -2.12. The van der Waals surface area contributed by atoms with Gasteiger partial charge in [-0.05, 0) is 19.3 Å². The summed E-state index contributed by atoms with van der Waals surface area (Å²) in [6, 6.07) is 0. The highest BCUT2D eigenvalue weighted by Gasteiger charge is 2.45. The lowest BCUT2D eigenvalue weighted by molar-refractivity contribution is -0.145. The molecule has 0 spiro atoms. The topological polar surface area (TPSA) is 128 Å². The normalized spacial score (nSPS) is 17.5. The Labute approximate surface area is 88.7 Å². The summed E-state index contributed by atoms with van der Waals surface area (Å²) in [4.78, 5) is 35.0. The van der Waals surface area contributed by atoms with Crippen molar-refractivity contribution in [3.05, 3.63) is 20.8 Å². The predicted molar refractivity (Wildman–Crippen MR) is 53.3 cm³/mol. The van der Waals surface area contributed by atoms with Crippen molar-refractivity contribution < 1.29 is 9.90 Å². The van der Waals surface area contributed by atoms with E-state index in [1.54, 1.807) is 0 Å². The fraction of sp³-hybridized carbons (Fsp3) is 0.500. The van der Waals surface area contributed by atoms with Crippen LogP contribution in [0.25, 0.3) is 0 Å². The fourth-order valence-electron chi connectivity index (χ4n) is 1.58. The van der Waals surface area contributed by atoms with E-state index in [1.165, 1.54) is 0 Å². The molecule has 86 valence electrons. The van der Waals surface area contributed by atoms with E-state index >= 15 is 0 Å². The fourth-order valence-corrected chi connectivity index (χ4v) is 1.58. The average molecular weight is 226 g/mol. The van der Waals surface area contributed by atoms with Gasteiger partial charge in [-0.2, -0.15) is 0 Å². The highest BCUT2D eigenvalue weighted by atomic mass is 16.4.